The predicted octanol–water partition coefficient (Wildman–Crippen LogP) is 1.72. The van der Waals surface area contributed by atoms with E-state index in [4.69, 9.17) is 4.74 Å². The lowest BCUT2D eigenvalue weighted by Gasteiger charge is -2.34. The summed E-state index contributed by atoms with van der Waals surface area (Å²) in [5.74, 6) is -3.57. The average Bonchev–Trinajstić information content (AvgIpc) is 2.25. The zero-order chi connectivity index (χ0) is 11.7. The number of pyridine rings is 1. The minimum absolute atomic E-state index is 0.111. The monoisotopic (exact) mass is 232 g/mol. The summed E-state index contributed by atoms with van der Waals surface area (Å²) in [5, 5.41) is 0. The maximum absolute atomic E-state index is 13.4. The highest BCUT2D eigenvalue weighted by molar-refractivity contribution is 5.41. The minimum Gasteiger partial charge on any atom is -0.377 e. The van der Waals surface area contributed by atoms with E-state index >= 15 is 0 Å². The first-order chi connectivity index (χ1) is 7.59. The summed E-state index contributed by atoms with van der Waals surface area (Å²) in [6, 6.07) is 0.403. The Kier molecular flexibility index (Phi) is 3.00. The highest BCUT2D eigenvalue weighted by Crippen LogP contribution is 2.22. The van der Waals surface area contributed by atoms with E-state index in [1.165, 1.54) is 0 Å². The van der Waals surface area contributed by atoms with Crippen LogP contribution in [0.4, 0.5) is 19.0 Å². The predicted molar refractivity (Wildman–Crippen MR) is 51.7 cm³/mol. The van der Waals surface area contributed by atoms with Crippen LogP contribution in [0.1, 0.15) is 6.92 Å². The smallest absolute Gasteiger partial charge is 0.251 e. The molecule has 1 aliphatic rings. The molecule has 0 bridgehead atoms. The molecule has 0 spiro atoms. The molecule has 1 aromatic rings. The lowest BCUT2D eigenvalue weighted by Crippen LogP contribution is -2.44. The van der Waals surface area contributed by atoms with Gasteiger partial charge in [-0.3, -0.25) is 0 Å². The number of anilines is 1. The van der Waals surface area contributed by atoms with Crippen molar-refractivity contribution in [3.8, 4) is 0 Å². The summed E-state index contributed by atoms with van der Waals surface area (Å²) in [5.41, 5.74) is 0. The van der Waals surface area contributed by atoms with Crippen molar-refractivity contribution in [1.82, 2.24) is 4.98 Å². The number of nitrogens with zero attached hydrogens (tertiary/aromatic N) is 2. The highest BCUT2D eigenvalue weighted by atomic mass is 19.2. The minimum atomic E-state index is -1.28. The van der Waals surface area contributed by atoms with Gasteiger partial charge in [-0.2, -0.15) is 9.37 Å². The van der Waals surface area contributed by atoms with Gasteiger partial charge in [0.15, 0.2) is 17.5 Å². The van der Waals surface area contributed by atoms with Crippen molar-refractivity contribution < 1.29 is 17.9 Å². The van der Waals surface area contributed by atoms with Crippen LogP contribution in [0.25, 0.3) is 0 Å². The van der Waals surface area contributed by atoms with E-state index in [1.54, 1.807) is 4.90 Å². The molecule has 1 aliphatic heterocycles. The molecule has 0 amide bonds. The van der Waals surface area contributed by atoms with Crippen LogP contribution in [0, 0.1) is 17.6 Å². The maximum atomic E-state index is 13.4. The van der Waals surface area contributed by atoms with Gasteiger partial charge < -0.3 is 9.64 Å². The zero-order valence-corrected chi connectivity index (χ0v) is 8.71. The van der Waals surface area contributed by atoms with Gasteiger partial charge in [0.25, 0.3) is 5.95 Å². The Morgan fingerprint density at radius 3 is 2.81 bits per heavy atom. The lowest BCUT2D eigenvalue weighted by molar-refractivity contribution is 0.0980. The molecule has 1 atom stereocenters. The first kappa shape index (κ1) is 11.2. The number of rotatable bonds is 1. The molecular weight excluding hydrogens is 221 g/mol. The highest BCUT2D eigenvalue weighted by Gasteiger charge is 2.24. The number of aromatic nitrogens is 1. The molecule has 2 rings (SSSR count). The third-order valence-electron chi connectivity index (χ3n) is 2.51. The summed E-state index contributed by atoms with van der Waals surface area (Å²) in [6.07, 6.45) is 0. The molecule has 0 aromatic carbocycles. The van der Waals surface area contributed by atoms with Crippen molar-refractivity contribution in [2.45, 2.75) is 13.0 Å². The van der Waals surface area contributed by atoms with Gasteiger partial charge in [-0.15, -0.1) is 0 Å². The van der Waals surface area contributed by atoms with Gasteiger partial charge in [-0.25, -0.2) is 8.78 Å². The molecule has 6 heteroatoms. The van der Waals surface area contributed by atoms with Crippen LogP contribution in [0.2, 0.25) is 0 Å². The lowest BCUT2D eigenvalue weighted by atomic mass is 10.2. The number of hydrogen-bond acceptors (Lipinski definition) is 3. The normalized spacial score (nSPS) is 21.2. The van der Waals surface area contributed by atoms with Gasteiger partial charge in [0.2, 0.25) is 0 Å². The standard InChI is InChI=1S/C10H11F3N2O/c1-6-5-16-3-2-15(6)10-8(12)4-7(11)9(13)14-10/h4,6H,2-3,5H2,1H3. The number of morpholine rings is 1. The van der Waals surface area contributed by atoms with Crippen molar-refractivity contribution in [3.05, 3.63) is 23.6 Å². The Bertz CT molecular complexity index is 400. The Morgan fingerprint density at radius 1 is 1.38 bits per heavy atom. The fraction of sp³-hybridized carbons (Fsp3) is 0.500. The second-order valence-electron chi connectivity index (χ2n) is 3.68. The van der Waals surface area contributed by atoms with Crippen LogP contribution in [0.15, 0.2) is 6.07 Å². The summed E-state index contributed by atoms with van der Waals surface area (Å²) >= 11 is 0. The average molecular weight is 232 g/mol. The fourth-order valence-electron chi connectivity index (χ4n) is 1.68. The fourth-order valence-corrected chi connectivity index (χ4v) is 1.68. The van der Waals surface area contributed by atoms with Crippen LogP contribution < -0.4 is 4.90 Å². The third-order valence-corrected chi connectivity index (χ3v) is 2.51. The Hall–Kier alpha value is -1.30. The number of ether oxygens (including phenoxy) is 1. The van der Waals surface area contributed by atoms with Crippen LogP contribution in [-0.2, 0) is 4.74 Å². The van der Waals surface area contributed by atoms with Gasteiger partial charge in [0, 0.05) is 12.6 Å². The van der Waals surface area contributed by atoms with Gasteiger partial charge in [-0.1, -0.05) is 0 Å². The first-order valence-corrected chi connectivity index (χ1v) is 4.95. The Balaban J connectivity index is 2.35. The molecule has 88 valence electrons. The molecule has 1 fully saturated rings. The van der Waals surface area contributed by atoms with Crippen LogP contribution >= 0.6 is 0 Å². The quantitative estimate of drug-likeness (QED) is 0.689. The van der Waals surface area contributed by atoms with E-state index in [2.05, 4.69) is 4.98 Å². The summed E-state index contributed by atoms with van der Waals surface area (Å²) in [4.78, 5) is 4.87. The molecular formula is C10H11F3N2O. The first-order valence-electron chi connectivity index (χ1n) is 4.95. The molecule has 0 saturated carbocycles. The molecule has 1 aromatic heterocycles. The van der Waals surface area contributed by atoms with Crippen molar-refractivity contribution in [2.24, 2.45) is 0 Å². The van der Waals surface area contributed by atoms with Gasteiger partial charge >= 0.3 is 0 Å². The van der Waals surface area contributed by atoms with Crippen molar-refractivity contribution in [3.63, 3.8) is 0 Å². The number of hydrogen-bond donors (Lipinski definition) is 0. The van der Waals surface area contributed by atoms with Crippen molar-refractivity contribution >= 4 is 5.82 Å². The molecule has 0 N–H and O–H groups in total. The molecule has 2 heterocycles. The largest absolute Gasteiger partial charge is 0.377 e. The third kappa shape index (κ3) is 1.97. The molecule has 16 heavy (non-hydrogen) atoms. The Morgan fingerprint density at radius 2 is 2.12 bits per heavy atom. The molecule has 3 nitrogen and oxygen atoms in total. The number of halogens is 3. The van der Waals surface area contributed by atoms with E-state index in [0.29, 0.717) is 25.8 Å². The van der Waals surface area contributed by atoms with E-state index in [1.807, 2.05) is 6.92 Å². The molecule has 1 saturated heterocycles. The second kappa shape index (κ2) is 4.29. The van der Waals surface area contributed by atoms with Crippen LogP contribution in [0.3, 0.4) is 0 Å². The maximum Gasteiger partial charge on any atom is 0.251 e. The molecule has 0 aliphatic carbocycles. The van der Waals surface area contributed by atoms with E-state index < -0.39 is 17.6 Å². The van der Waals surface area contributed by atoms with Gasteiger partial charge in [0.05, 0.1) is 19.3 Å². The van der Waals surface area contributed by atoms with Crippen molar-refractivity contribution in [1.29, 1.82) is 0 Å². The van der Waals surface area contributed by atoms with Crippen LogP contribution in [-0.4, -0.2) is 30.8 Å². The van der Waals surface area contributed by atoms with E-state index in [0.717, 1.165) is 0 Å². The van der Waals surface area contributed by atoms with Crippen LogP contribution in [0.5, 0.6) is 0 Å². The summed E-state index contributed by atoms with van der Waals surface area (Å²) in [6.45, 7) is 3.06. The van der Waals surface area contributed by atoms with E-state index in [-0.39, 0.29) is 11.9 Å². The van der Waals surface area contributed by atoms with E-state index in [9.17, 15) is 13.2 Å². The Labute approximate surface area is 90.8 Å². The zero-order valence-electron chi connectivity index (χ0n) is 8.71. The van der Waals surface area contributed by atoms with Gasteiger partial charge in [0.1, 0.15) is 0 Å². The second-order valence-corrected chi connectivity index (χ2v) is 3.68. The SMILES string of the molecule is CC1COCCN1c1nc(F)c(F)cc1F. The topological polar surface area (TPSA) is 25.4 Å². The molecule has 1 unspecified atom stereocenters. The molecule has 0 radical (unpaired) electrons. The van der Waals surface area contributed by atoms with Gasteiger partial charge in [-0.05, 0) is 6.92 Å². The summed E-state index contributed by atoms with van der Waals surface area (Å²) in [7, 11) is 0. The van der Waals surface area contributed by atoms with Crippen molar-refractivity contribution in [2.75, 3.05) is 24.7 Å². The summed E-state index contributed by atoms with van der Waals surface area (Å²) < 4.78 is 44.2.